The number of aromatic nitrogens is 4. The smallest absolute Gasteiger partial charge is 0.137 e. The lowest BCUT2D eigenvalue weighted by atomic mass is 10.1. The summed E-state index contributed by atoms with van der Waals surface area (Å²) in [6, 6.07) is 5.85. The van der Waals surface area contributed by atoms with E-state index in [1.807, 2.05) is 24.4 Å². The van der Waals surface area contributed by atoms with Crippen molar-refractivity contribution in [3.8, 4) is 11.3 Å². The van der Waals surface area contributed by atoms with Crippen LogP contribution in [0, 0.1) is 0 Å². The van der Waals surface area contributed by atoms with E-state index in [0.717, 1.165) is 22.3 Å². The lowest BCUT2D eigenvalue weighted by molar-refractivity contribution is 1.17. The number of rotatable bonds is 1. The van der Waals surface area contributed by atoms with Gasteiger partial charge in [-0.15, -0.1) is 0 Å². The Morgan fingerprint density at radius 2 is 2.00 bits per heavy atom. The van der Waals surface area contributed by atoms with Gasteiger partial charge in [-0.1, -0.05) is 0 Å². The third kappa shape index (κ3) is 1.27. The lowest BCUT2D eigenvalue weighted by Crippen LogP contribution is -1.85. The van der Waals surface area contributed by atoms with Crippen molar-refractivity contribution in [1.29, 1.82) is 0 Å². The molecule has 0 amide bonds. The standard InChI is InChI=1S/C11H8N4/c1-5-13-11-9(2-6-14-11)8(1)10-3-4-12-7-15-10/h1-7H,(H,13,14). The van der Waals surface area contributed by atoms with Crippen LogP contribution in [0.15, 0.2) is 43.1 Å². The fraction of sp³-hybridized carbons (Fsp3) is 0. The van der Waals surface area contributed by atoms with E-state index in [9.17, 15) is 0 Å². The van der Waals surface area contributed by atoms with E-state index in [1.165, 1.54) is 0 Å². The Balaban J connectivity index is 2.31. The van der Waals surface area contributed by atoms with Gasteiger partial charge < -0.3 is 4.98 Å². The Morgan fingerprint density at radius 3 is 2.87 bits per heavy atom. The highest BCUT2D eigenvalue weighted by atomic mass is 14.8. The number of nitrogens with one attached hydrogen (secondary N) is 1. The Morgan fingerprint density at radius 1 is 1.00 bits per heavy atom. The molecule has 3 rings (SSSR count). The third-order valence-electron chi connectivity index (χ3n) is 2.32. The monoisotopic (exact) mass is 196 g/mol. The largest absolute Gasteiger partial charge is 0.346 e. The van der Waals surface area contributed by atoms with Crippen LogP contribution in [0.4, 0.5) is 0 Å². The van der Waals surface area contributed by atoms with E-state index in [-0.39, 0.29) is 0 Å². The Kier molecular flexibility index (Phi) is 1.71. The first-order valence-corrected chi connectivity index (χ1v) is 4.63. The maximum Gasteiger partial charge on any atom is 0.137 e. The topological polar surface area (TPSA) is 54.5 Å². The zero-order valence-corrected chi connectivity index (χ0v) is 7.88. The quantitative estimate of drug-likeness (QED) is 0.647. The normalized spacial score (nSPS) is 10.7. The van der Waals surface area contributed by atoms with Crippen LogP contribution in [0.1, 0.15) is 0 Å². The number of pyridine rings is 1. The molecule has 1 N–H and O–H groups in total. The second-order valence-electron chi connectivity index (χ2n) is 3.19. The molecule has 0 radical (unpaired) electrons. The fourth-order valence-corrected chi connectivity index (χ4v) is 1.63. The summed E-state index contributed by atoms with van der Waals surface area (Å²) in [5.74, 6) is 0. The minimum Gasteiger partial charge on any atom is -0.346 e. The van der Waals surface area contributed by atoms with Crippen molar-refractivity contribution in [3.05, 3.63) is 43.1 Å². The molecule has 4 nitrogen and oxygen atoms in total. The second kappa shape index (κ2) is 3.16. The van der Waals surface area contributed by atoms with Crippen LogP contribution in [-0.4, -0.2) is 19.9 Å². The van der Waals surface area contributed by atoms with Crippen LogP contribution in [0.25, 0.3) is 22.3 Å². The van der Waals surface area contributed by atoms with Crippen molar-refractivity contribution in [2.45, 2.75) is 0 Å². The van der Waals surface area contributed by atoms with Gasteiger partial charge in [0.1, 0.15) is 12.0 Å². The number of H-pyrrole nitrogens is 1. The minimum atomic E-state index is 0.881. The van der Waals surface area contributed by atoms with E-state index in [4.69, 9.17) is 0 Å². The summed E-state index contributed by atoms with van der Waals surface area (Å²) < 4.78 is 0. The van der Waals surface area contributed by atoms with Crippen molar-refractivity contribution in [2.75, 3.05) is 0 Å². The molecule has 72 valence electrons. The Hall–Kier alpha value is -2.23. The van der Waals surface area contributed by atoms with Gasteiger partial charge in [-0.3, -0.25) is 0 Å². The number of fused-ring (bicyclic) bond motifs is 1. The first-order chi connectivity index (χ1) is 7.45. The predicted molar refractivity (Wildman–Crippen MR) is 57.1 cm³/mol. The van der Waals surface area contributed by atoms with Gasteiger partial charge in [-0.05, 0) is 18.2 Å². The second-order valence-corrected chi connectivity index (χ2v) is 3.19. The highest BCUT2D eigenvalue weighted by molar-refractivity contribution is 5.91. The Labute approximate surface area is 86.0 Å². The van der Waals surface area contributed by atoms with Gasteiger partial charge in [0.05, 0.1) is 5.69 Å². The molecule has 0 aromatic carbocycles. The first kappa shape index (κ1) is 8.11. The molecular formula is C11H8N4. The van der Waals surface area contributed by atoms with Crippen molar-refractivity contribution in [1.82, 2.24) is 19.9 Å². The fourth-order valence-electron chi connectivity index (χ4n) is 1.63. The van der Waals surface area contributed by atoms with Gasteiger partial charge in [0.2, 0.25) is 0 Å². The first-order valence-electron chi connectivity index (χ1n) is 4.63. The summed E-state index contributed by atoms with van der Waals surface area (Å²) in [6.45, 7) is 0. The van der Waals surface area contributed by atoms with Crippen LogP contribution in [0.2, 0.25) is 0 Å². The summed E-state index contributed by atoms with van der Waals surface area (Å²) in [5.41, 5.74) is 2.87. The number of nitrogens with zero attached hydrogens (tertiary/aromatic N) is 3. The van der Waals surface area contributed by atoms with Crippen LogP contribution in [0.3, 0.4) is 0 Å². The molecule has 0 aliphatic heterocycles. The molecule has 3 aromatic rings. The zero-order chi connectivity index (χ0) is 10.1. The molecule has 0 aliphatic rings. The van der Waals surface area contributed by atoms with Crippen molar-refractivity contribution in [3.63, 3.8) is 0 Å². The van der Waals surface area contributed by atoms with Gasteiger partial charge in [0.25, 0.3) is 0 Å². The van der Waals surface area contributed by atoms with Crippen LogP contribution in [-0.2, 0) is 0 Å². The lowest BCUT2D eigenvalue weighted by Gasteiger charge is -2.00. The molecule has 0 saturated heterocycles. The van der Waals surface area contributed by atoms with Crippen molar-refractivity contribution >= 4 is 11.0 Å². The number of hydrogen-bond acceptors (Lipinski definition) is 3. The maximum absolute atomic E-state index is 4.23. The maximum atomic E-state index is 4.23. The summed E-state index contributed by atoms with van der Waals surface area (Å²) in [4.78, 5) is 15.4. The average molecular weight is 196 g/mol. The van der Waals surface area contributed by atoms with Crippen LogP contribution >= 0.6 is 0 Å². The van der Waals surface area contributed by atoms with Gasteiger partial charge in [-0.25, -0.2) is 15.0 Å². The van der Waals surface area contributed by atoms with Gasteiger partial charge in [0.15, 0.2) is 0 Å². The molecular weight excluding hydrogens is 188 g/mol. The summed E-state index contributed by atoms with van der Waals surface area (Å²) in [7, 11) is 0. The van der Waals surface area contributed by atoms with Crippen molar-refractivity contribution in [2.24, 2.45) is 0 Å². The summed E-state index contributed by atoms with van der Waals surface area (Å²) >= 11 is 0. The zero-order valence-electron chi connectivity index (χ0n) is 7.88. The Bertz CT molecular complexity index is 586. The number of aromatic amines is 1. The molecule has 15 heavy (non-hydrogen) atoms. The highest BCUT2D eigenvalue weighted by Crippen LogP contribution is 2.24. The van der Waals surface area contributed by atoms with E-state index >= 15 is 0 Å². The van der Waals surface area contributed by atoms with E-state index in [1.54, 1.807) is 18.7 Å². The molecule has 0 spiro atoms. The van der Waals surface area contributed by atoms with Crippen LogP contribution in [0.5, 0.6) is 0 Å². The molecule has 0 atom stereocenters. The van der Waals surface area contributed by atoms with E-state index in [0.29, 0.717) is 0 Å². The minimum absolute atomic E-state index is 0.881. The molecule has 3 aromatic heterocycles. The van der Waals surface area contributed by atoms with Gasteiger partial charge >= 0.3 is 0 Å². The van der Waals surface area contributed by atoms with E-state index in [2.05, 4.69) is 19.9 Å². The molecule has 0 aliphatic carbocycles. The molecule has 3 heterocycles. The molecule has 0 unspecified atom stereocenters. The molecule has 0 fully saturated rings. The van der Waals surface area contributed by atoms with Gasteiger partial charge in [0, 0.05) is 29.5 Å². The molecule has 0 saturated carbocycles. The summed E-state index contributed by atoms with van der Waals surface area (Å²) in [5, 5.41) is 1.08. The van der Waals surface area contributed by atoms with Gasteiger partial charge in [-0.2, -0.15) is 0 Å². The van der Waals surface area contributed by atoms with E-state index < -0.39 is 0 Å². The third-order valence-corrected chi connectivity index (χ3v) is 2.32. The highest BCUT2D eigenvalue weighted by Gasteiger charge is 2.05. The predicted octanol–water partition coefficient (Wildman–Crippen LogP) is 2.02. The van der Waals surface area contributed by atoms with Crippen LogP contribution < -0.4 is 0 Å². The SMILES string of the molecule is c1cc(-c2ccnc3[nH]ccc23)ncn1. The number of hydrogen-bond donors (Lipinski definition) is 1. The summed E-state index contributed by atoms with van der Waals surface area (Å²) in [6.07, 6.45) is 6.94. The molecule has 0 bridgehead atoms. The molecule has 4 heteroatoms. The average Bonchev–Trinajstić information content (AvgIpc) is 2.78. The van der Waals surface area contributed by atoms with Crippen molar-refractivity contribution < 1.29 is 0 Å².